The minimum absolute atomic E-state index is 0.142. The first-order valence-electron chi connectivity index (χ1n) is 2.84. The maximum atomic E-state index is 10.2. The van der Waals surface area contributed by atoms with Crippen LogP contribution in [0, 0.1) is 0 Å². The smallest absolute Gasteiger partial charge is 0.323 e. The molecule has 0 aliphatic heterocycles. The molecule has 0 saturated heterocycles. The standard InChI is InChI=1S/C5H11NO4/c1-10-6-4(2-3-7)5(8)9/h4,6-7H,2-3H2,1H3,(H,8,9)/t4-/m0/s1. The van der Waals surface area contributed by atoms with Crippen LogP contribution in [-0.2, 0) is 9.63 Å². The Balaban J connectivity index is 3.61. The normalized spacial score (nSPS) is 13.0. The average molecular weight is 149 g/mol. The Morgan fingerprint density at radius 1 is 1.80 bits per heavy atom. The van der Waals surface area contributed by atoms with Gasteiger partial charge in [-0.3, -0.25) is 4.79 Å². The van der Waals surface area contributed by atoms with Gasteiger partial charge in [0.2, 0.25) is 0 Å². The lowest BCUT2D eigenvalue weighted by atomic mass is 10.2. The molecule has 5 nitrogen and oxygen atoms in total. The molecule has 10 heavy (non-hydrogen) atoms. The molecule has 3 N–H and O–H groups in total. The van der Waals surface area contributed by atoms with E-state index in [1.165, 1.54) is 7.11 Å². The van der Waals surface area contributed by atoms with E-state index >= 15 is 0 Å². The average Bonchev–Trinajstić information content (AvgIpc) is 1.87. The predicted octanol–water partition coefficient (Wildman–Crippen LogP) is -1.03. The Morgan fingerprint density at radius 2 is 2.40 bits per heavy atom. The third-order valence-corrected chi connectivity index (χ3v) is 0.976. The second kappa shape index (κ2) is 5.16. The van der Waals surface area contributed by atoms with E-state index in [0.717, 1.165) is 0 Å². The highest BCUT2D eigenvalue weighted by Crippen LogP contribution is 1.89. The van der Waals surface area contributed by atoms with Crippen molar-refractivity contribution in [2.24, 2.45) is 0 Å². The number of hydrogen-bond acceptors (Lipinski definition) is 4. The van der Waals surface area contributed by atoms with Gasteiger partial charge < -0.3 is 15.1 Å². The molecule has 0 spiro atoms. The van der Waals surface area contributed by atoms with Crippen molar-refractivity contribution in [3.63, 3.8) is 0 Å². The van der Waals surface area contributed by atoms with Gasteiger partial charge in [-0.25, -0.2) is 0 Å². The van der Waals surface area contributed by atoms with Crippen molar-refractivity contribution < 1.29 is 19.8 Å². The van der Waals surface area contributed by atoms with E-state index in [-0.39, 0.29) is 13.0 Å². The Bertz CT molecular complexity index is 99.8. The van der Waals surface area contributed by atoms with Crippen LogP contribution in [-0.4, -0.2) is 35.9 Å². The van der Waals surface area contributed by atoms with Crippen molar-refractivity contribution in [1.82, 2.24) is 5.48 Å². The van der Waals surface area contributed by atoms with Crippen molar-refractivity contribution in [3.05, 3.63) is 0 Å². The summed E-state index contributed by atoms with van der Waals surface area (Å²) in [7, 11) is 1.33. The number of aliphatic hydroxyl groups is 1. The maximum Gasteiger partial charge on any atom is 0.323 e. The zero-order chi connectivity index (χ0) is 7.98. The van der Waals surface area contributed by atoms with E-state index in [1.807, 2.05) is 0 Å². The van der Waals surface area contributed by atoms with Crippen molar-refractivity contribution in [2.75, 3.05) is 13.7 Å². The molecule has 0 aromatic rings. The fourth-order valence-corrected chi connectivity index (χ4v) is 0.504. The molecule has 60 valence electrons. The Hall–Kier alpha value is -0.650. The lowest BCUT2D eigenvalue weighted by Gasteiger charge is -2.09. The summed E-state index contributed by atoms with van der Waals surface area (Å²) in [5.41, 5.74) is 2.22. The molecular weight excluding hydrogens is 138 g/mol. The van der Waals surface area contributed by atoms with Crippen LogP contribution in [0.3, 0.4) is 0 Å². The van der Waals surface area contributed by atoms with E-state index in [4.69, 9.17) is 10.2 Å². The van der Waals surface area contributed by atoms with E-state index in [9.17, 15) is 4.79 Å². The Kier molecular flexibility index (Phi) is 4.82. The Morgan fingerprint density at radius 3 is 2.70 bits per heavy atom. The molecule has 0 aromatic carbocycles. The summed E-state index contributed by atoms with van der Waals surface area (Å²) in [4.78, 5) is 14.6. The summed E-state index contributed by atoms with van der Waals surface area (Å²) in [6, 6.07) is -0.824. The van der Waals surface area contributed by atoms with Gasteiger partial charge in [0.15, 0.2) is 0 Å². The van der Waals surface area contributed by atoms with Gasteiger partial charge in [0, 0.05) is 6.61 Å². The molecule has 0 aromatic heterocycles. The molecule has 0 amide bonds. The van der Waals surface area contributed by atoms with E-state index in [1.54, 1.807) is 0 Å². The third-order valence-electron chi connectivity index (χ3n) is 0.976. The number of carbonyl (C=O) groups is 1. The molecule has 5 heteroatoms. The van der Waals surface area contributed by atoms with Crippen LogP contribution in [0.25, 0.3) is 0 Å². The molecule has 0 rings (SSSR count). The van der Waals surface area contributed by atoms with Gasteiger partial charge >= 0.3 is 5.97 Å². The number of aliphatic hydroxyl groups excluding tert-OH is 1. The zero-order valence-corrected chi connectivity index (χ0v) is 5.70. The summed E-state index contributed by atoms with van der Waals surface area (Å²) < 4.78 is 0. The molecule has 1 atom stereocenters. The zero-order valence-electron chi connectivity index (χ0n) is 5.70. The second-order valence-electron chi connectivity index (χ2n) is 1.73. The largest absolute Gasteiger partial charge is 0.480 e. The first-order chi connectivity index (χ1) is 4.72. The first kappa shape index (κ1) is 9.35. The van der Waals surface area contributed by atoms with E-state index in [0.29, 0.717) is 0 Å². The number of carboxylic acids is 1. The van der Waals surface area contributed by atoms with Crippen molar-refractivity contribution in [2.45, 2.75) is 12.5 Å². The van der Waals surface area contributed by atoms with Crippen LogP contribution in [0.4, 0.5) is 0 Å². The molecule has 0 aliphatic rings. The SMILES string of the molecule is CON[C@@H](CCO)C(=O)O. The summed E-state index contributed by atoms with van der Waals surface area (Å²) >= 11 is 0. The second-order valence-corrected chi connectivity index (χ2v) is 1.73. The number of rotatable bonds is 5. The molecule has 0 saturated carbocycles. The molecule has 0 radical (unpaired) electrons. The predicted molar refractivity (Wildman–Crippen MR) is 33.3 cm³/mol. The molecule has 0 unspecified atom stereocenters. The summed E-state index contributed by atoms with van der Waals surface area (Å²) in [6.45, 7) is -0.173. The van der Waals surface area contributed by atoms with Crippen molar-refractivity contribution >= 4 is 5.97 Å². The summed E-state index contributed by atoms with van der Waals surface area (Å²) in [6.07, 6.45) is 0.142. The molecule has 0 heterocycles. The van der Waals surface area contributed by atoms with Gasteiger partial charge in [-0.15, -0.1) is 0 Å². The van der Waals surface area contributed by atoms with Crippen LogP contribution < -0.4 is 5.48 Å². The van der Waals surface area contributed by atoms with Crippen LogP contribution in [0.5, 0.6) is 0 Å². The number of hydrogen-bond donors (Lipinski definition) is 3. The van der Waals surface area contributed by atoms with Gasteiger partial charge in [-0.1, -0.05) is 0 Å². The van der Waals surface area contributed by atoms with Crippen molar-refractivity contribution in [1.29, 1.82) is 0 Å². The number of hydroxylamine groups is 1. The highest BCUT2D eigenvalue weighted by molar-refractivity contribution is 5.73. The van der Waals surface area contributed by atoms with Crippen LogP contribution in [0.1, 0.15) is 6.42 Å². The fraction of sp³-hybridized carbons (Fsp3) is 0.800. The third kappa shape index (κ3) is 3.39. The fourth-order valence-electron chi connectivity index (χ4n) is 0.504. The molecular formula is C5H11NO4. The van der Waals surface area contributed by atoms with Crippen molar-refractivity contribution in [3.8, 4) is 0 Å². The number of carboxylic acid groups (broad SMARTS) is 1. The van der Waals surface area contributed by atoms with Crippen LogP contribution in [0.15, 0.2) is 0 Å². The van der Waals surface area contributed by atoms with Crippen LogP contribution in [0.2, 0.25) is 0 Å². The highest BCUT2D eigenvalue weighted by atomic mass is 16.6. The van der Waals surface area contributed by atoms with Gasteiger partial charge in [0.25, 0.3) is 0 Å². The monoisotopic (exact) mass is 149 g/mol. The lowest BCUT2D eigenvalue weighted by molar-refractivity contribution is -0.143. The van der Waals surface area contributed by atoms with E-state index in [2.05, 4.69) is 10.3 Å². The lowest BCUT2D eigenvalue weighted by Crippen LogP contribution is -2.36. The number of nitrogens with one attached hydrogen (secondary N) is 1. The number of aliphatic carboxylic acids is 1. The van der Waals surface area contributed by atoms with E-state index < -0.39 is 12.0 Å². The quantitative estimate of drug-likeness (QED) is 0.436. The molecule has 0 fully saturated rings. The van der Waals surface area contributed by atoms with Crippen LogP contribution >= 0.6 is 0 Å². The molecule has 0 aliphatic carbocycles. The maximum absolute atomic E-state index is 10.2. The highest BCUT2D eigenvalue weighted by Gasteiger charge is 2.14. The van der Waals surface area contributed by atoms with Gasteiger partial charge in [-0.05, 0) is 6.42 Å². The van der Waals surface area contributed by atoms with Gasteiger partial charge in [0.1, 0.15) is 6.04 Å². The minimum atomic E-state index is -1.03. The van der Waals surface area contributed by atoms with Gasteiger partial charge in [-0.2, -0.15) is 5.48 Å². The molecule has 0 bridgehead atoms. The first-order valence-corrected chi connectivity index (χ1v) is 2.84. The minimum Gasteiger partial charge on any atom is -0.480 e. The topological polar surface area (TPSA) is 78.8 Å². The summed E-state index contributed by atoms with van der Waals surface area (Å²) in [5, 5.41) is 16.7. The van der Waals surface area contributed by atoms with Gasteiger partial charge in [0.05, 0.1) is 7.11 Å². The summed E-state index contributed by atoms with van der Waals surface area (Å²) in [5.74, 6) is -1.03. The Labute approximate surface area is 58.6 Å².